The fraction of sp³-hybridized carbons (Fsp3) is 0.409. The number of phenols is 1. The largest absolute Gasteiger partial charge is 0.504 e. The zero-order valence-electron chi connectivity index (χ0n) is 29.5. The Morgan fingerprint density at radius 2 is 1.82 bits per heavy atom. The van der Waals surface area contributed by atoms with Gasteiger partial charge in [-0.1, -0.05) is 74.1 Å². The zero-order valence-corrected chi connectivity index (χ0v) is 29.5. The van der Waals surface area contributed by atoms with Gasteiger partial charge in [0.1, 0.15) is 12.4 Å². The van der Waals surface area contributed by atoms with Crippen LogP contribution in [0.5, 0.6) is 11.5 Å². The molecule has 1 aliphatic carbocycles. The van der Waals surface area contributed by atoms with E-state index in [1.54, 1.807) is 6.07 Å². The van der Waals surface area contributed by atoms with Gasteiger partial charge < -0.3 is 35.3 Å². The van der Waals surface area contributed by atoms with Crippen LogP contribution in [0.15, 0.2) is 90.3 Å². The Labute approximate surface area is 301 Å². The molecule has 0 radical (unpaired) electrons. The first-order chi connectivity index (χ1) is 24.8. The van der Waals surface area contributed by atoms with Crippen molar-refractivity contribution >= 4 is 16.6 Å². The van der Waals surface area contributed by atoms with Crippen molar-refractivity contribution in [3.05, 3.63) is 113 Å². The normalized spacial score (nSPS) is 24.9. The molecule has 6 bridgehead atoms. The van der Waals surface area contributed by atoms with Crippen molar-refractivity contribution in [3.63, 3.8) is 0 Å². The van der Waals surface area contributed by atoms with Gasteiger partial charge in [0.25, 0.3) is 0 Å². The number of hydrogen-bond acceptors (Lipinski definition) is 6. The first-order valence-corrected chi connectivity index (χ1v) is 18.7. The molecule has 7 heteroatoms. The first-order valence-electron chi connectivity index (χ1n) is 18.7. The van der Waals surface area contributed by atoms with Crippen molar-refractivity contribution in [2.75, 3.05) is 6.61 Å². The van der Waals surface area contributed by atoms with Crippen LogP contribution in [-0.4, -0.2) is 39.8 Å². The minimum atomic E-state index is -0.529. The Morgan fingerprint density at radius 1 is 0.980 bits per heavy atom. The zero-order chi connectivity index (χ0) is 35.0. The van der Waals surface area contributed by atoms with Crippen LogP contribution < -0.4 is 15.8 Å². The second-order valence-electron chi connectivity index (χ2n) is 15.2. The summed E-state index contributed by atoms with van der Waals surface area (Å²) in [7, 11) is 0. The third-order valence-electron chi connectivity index (χ3n) is 11.8. The maximum absolute atomic E-state index is 11.4. The monoisotopic (exact) mass is 683 g/mol. The van der Waals surface area contributed by atoms with Crippen LogP contribution in [0, 0.1) is 23.2 Å². The number of benzene rings is 3. The SMILES string of the molecule is CC1C#CC2=CC(N)NC3=C2COC(CCC12CCCC2)CC(O)CCc1ccc(O)c(c1)OCc1cc(Cc2ccccc2)cc2cn3cc12. The van der Waals surface area contributed by atoms with Crippen molar-refractivity contribution in [1.82, 2.24) is 9.88 Å². The Kier molecular flexibility index (Phi) is 9.41. The van der Waals surface area contributed by atoms with E-state index in [0.29, 0.717) is 31.6 Å². The number of aliphatic hydroxyl groups is 1. The molecule has 51 heavy (non-hydrogen) atoms. The van der Waals surface area contributed by atoms with Crippen molar-refractivity contribution in [2.45, 2.75) is 96.1 Å². The molecule has 3 aromatic carbocycles. The minimum Gasteiger partial charge on any atom is -0.504 e. The van der Waals surface area contributed by atoms with Crippen LogP contribution in [0.3, 0.4) is 0 Å². The number of nitrogens with zero attached hydrogens (tertiary/aromatic N) is 1. The highest BCUT2D eigenvalue weighted by Crippen LogP contribution is 2.48. The Balaban J connectivity index is 1.27. The molecule has 4 aromatic rings. The predicted octanol–water partition coefficient (Wildman–Crippen LogP) is 7.58. The highest BCUT2D eigenvalue weighted by molar-refractivity contribution is 5.88. The van der Waals surface area contributed by atoms with Crippen LogP contribution in [0.2, 0.25) is 0 Å². The van der Waals surface area contributed by atoms with Gasteiger partial charge in [0.05, 0.1) is 25.0 Å². The molecule has 5 N–H and O–H groups in total. The van der Waals surface area contributed by atoms with Gasteiger partial charge in [-0.15, -0.1) is 0 Å². The van der Waals surface area contributed by atoms with Crippen molar-refractivity contribution in [2.24, 2.45) is 17.1 Å². The summed E-state index contributed by atoms with van der Waals surface area (Å²) in [5.41, 5.74) is 13.2. The average Bonchev–Trinajstić information content (AvgIpc) is 3.79. The lowest BCUT2D eigenvalue weighted by Gasteiger charge is -2.34. The van der Waals surface area contributed by atoms with Gasteiger partial charge in [0, 0.05) is 40.2 Å². The number of rotatable bonds is 2. The molecule has 4 atom stereocenters. The number of dihydropyridines is 1. The van der Waals surface area contributed by atoms with Gasteiger partial charge in [0.2, 0.25) is 0 Å². The third-order valence-corrected chi connectivity index (χ3v) is 11.8. The summed E-state index contributed by atoms with van der Waals surface area (Å²) in [6.07, 6.45) is 14.6. The van der Waals surface area contributed by atoms with Crippen LogP contribution in [0.1, 0.15) is 80.5 Å². The molecule has 3 aliphatic heterocycles. The van der Waals surface area contributed by atoms with Crippen molar-refractivity contribution in [1.29, 1.82) is 0 Å². The molecule has 1 aromatic heterocycles. The molecule has 4 unspecified atom stereocenters. The molecule has 8 rings (SSSR count). The maximum atomic E-state index is 11.4. The predicted molar refractivity (Wildman–Crippen MR) is 202 cm³/mol. The summed E-state index contributed by atoms with van der Waals surface area (Å²) < 4.78 is 15.4. The molecule has 7 nitrogen and oxygen atoms in total. The van der Waals surface area contributed by atoms with Gasteiger partial charge >= 0.3 is 0 Å². The van der Waals surface area contributed by atoms with E-state index < -0.39 is 12.3 Å². The first kappa shape index (κ1) is 33.7. The second-order valence-corrected chi connectivity index (χ2v) is 15.2. The molecule has 1 fully saturated rings. The summed E-state index contributed by atoms with van der Waals surface area (Å²) in [4.78, 5) is 0. The minimum absolute atomic E-state index is 0.104. The fourth-order valence-corrected chi connectivity index (χ4v) is 8.74. The number of aliphatic hydroxyl groups excluding tert-OH is 1. The number of aryl methyl sites for hydroxylation is 1. The molecule has 0 amide bonds. The summed E-state index contributed by atoms with van der Waals surface area (Å²) in [6.45, 7) is 2.94. The summed E-state index contributed by atoms with van der Waals surface area (Å²) in [5.74, 6) is 8.94. The van der Waals surface area contributed by atoms with Crippen LogP contribution in [-0.2, 0) is 24.2 Å². The van der Waals surface area contributed by atoms with E-state index in [-0.39, 0.29) is 29.8 Å². The van der Waals surface area contributed by atoms with E-state index in [0.717, 1.165) is 58.1 Å². The standard InChI is InChI=1S/C44H49N3O4/c1-29-9-12-33-23-42(45)46-43-39(33)28-50-37(15-18-44(29)16-5-6-17-44)24-36(48)13-10-31-11-14-40(49)41(22-31)51-27-35-21-32(19-30-7-3-2-4-8-30)20-34-25-47(43)26-38(34)35/h2-4,7-8,11,14,20-23,25-26,29,36-37,42,46,48-49H,5-6,10,13,15-19,24,27-28,45H2,1H3. The highest BCUT2D eigenvalue weighted by Gasteiger charge is 2.39. The molecular weight excluding hydrogens is 635 g/mol. The molecule has 264 valence electrons. The number of hydrogen-bond donors (Lipinski definition) is 4. The number of nitrogens with one attached hydrogen (secondary N) is 1. The number of aromatic nitrogens is 1. The lowest BCUT2D eigenvalue weighted by molar-refractivity contribution is 0.00805. The summed E-state index contributed by atoms with van der Waals surface area (Å²) in [6, 6.07) is 20.5. The van der Waals surface area contributed by atoms with Gasteiger partial charge in [-0.2, -0.15) is 0 Å². The van der Waals surface area contributed by atoms with E-state index >= 15 is 0 Å². The molecule has 4 aliphatic rings. The van der Waals surface area contributed by atoms with Crippen LogP contribution in [0.4, 0.5) is 0 Å². The van der Waals surface area contributed by atoms with Crippen molar-refractivity contribution in [3.8, 4) is 23.3 Å². The van der Waals surface area contributed by atoms with E-state index in [1.807, 2.05) is 24.3 Å². The van der Waals surface area contributed by atoms with E-state index in [4.69, 9.17) is 15.2 Å². The Morgan fingerprint density at radius 3 is 2.67 bits per heavy atom. The maximum Gasteiger partial charge on any atom is 0.161 e. The molecule has 1 spiro atoms. The number of ether oxygens (including phenoxy) is 2. The van der Waals surface area contributed by atoms with Crippen LogP contribution >= 0.6 is 0 Å². The van der Waals surface area contributed by atoms with Gasteiger partial charge in [0.15, 0.2) is 11.5 Å². The molecule has 0 saturated heterocycles. The fourth-order valence-electron chi connectivity index (χ4n) is 8.74. The number of nitrogens with two attached hydrogens (primary N) is 1. The lowest BCUT2D eigenvalue weighted by Crippen LogP contribution is -2.40. The summed E-state index contributed by atoms with van der Waals surface area (Å²) in [5, 5.41) is 27.9. The molecule has 1 saturated carbocycles. The number of aromatic hydroxyl groups is 1. The Hall–Kier alpha value is -4.48. The quantitative estimate of drug-likeness (QED) is 0.163. The highest BCUT2D eigenvalue weighted by atomic mass is 16.5. The lowest BCUT2D eigenvalue weighted by atomic mass is 9.71. The third kappa shape index (κ3) is 7.19. The van der Waals surface area contributed by atoms with Gasteiger partial charge in [-0.25, -0.2) is 0 Å². The molecular formula is C44H49N3O4. The number of fused-ring (bicyclic) bond motifs is 6. The van der Waals surface area contributed by atoms with E-state index in [1.165, 1.54) is 36.8 Å². The average molecular weight is 684 g/mol. The van der Waals surface area contributed by atoms with Gasteiger partial charge in [-0.05, 0) is 103 Å². The van der Waals surface area contributed by atoms with Crippen LogP contribution in [0.25, 0.3) is 16.6 Å². The van der Waals surface area contributed by atoms with E-state index in [9.17, 15) is 10.2 Å². The van der Waals surface area contributed by atoms with Crippen molar-refractivity contribution < 1.29 is 19.7 Å². The van der Waals surface area contributed by atoms with Gasteiger partial charge in [-0.3, -0.25) is 0 Å². The number of phenolic OH excluding ortho intramolecular Hbond substituents is 1. The topological polar surface area (TPSA) is 102 Å². The van der Waals surface area contributed by atoms with E-state index in [2.05, 4.69) is 77.4 Å². The summed E-state index contributed by atoms with van der Waals surface area (Å²) >= 11 is 0. The molecule has 4 heterocycles. The Bertz CT molecular complexity index is 2030. The smallest absolute Gasteiger partial charge is 0.161 e. The second kappa shape index (κ2) is 14.3.